The summed E-state index contributed by atoms with van der Waals surface area (Å²) in [6, 6.07) is 0. The molecule has 1 aliphatic rings. The third kappa shape index (κ3) is 2.72. The van der Waals surface area contributed by atoms with Crippen LogP contribution in [0.3, 0.4) is 0 Å². The van der Waals surface area contributed by atoms with Crippen LogP contribution < -0.4 is 5.32 Å². The Morgan fingerprint density at radius 2 is 2.42 bits per heavy atom. The molecular formula is C11H19N. The monoisotopic (exact) mass is 165 g/mol. The molecule has 0 heterocycles. The first-order valence-corrected chi connectivity index (χ1v) is 4.93. The van der Waals surface area contributed by atoms with Crippen molar-refractivity contribution in [1.29, 1.82) is 0 Å². The lowest BCUT2D eigenvalue weighted by molar-refractivity contribution is 0.554. The molecule has 0 saturated carbocycles. The molecule has 0 saturated heterocycles. The van der Waals surface area contributed by atoms with Crippen molar-refractivity contribution in [2.24, 2.45) is 5.92 Å². The van der Waals surface area contributed by atoms with Crippen molar-refractivity contribution >= 4 is 0 Å². The molecule has 0 aromatic rings. The van der Waals surface area contributed by atoms with Crippen molar-refractivity contribution in [1.82, 2.24) is 5.32 Å². The van der Waals surface area contributed by atoms with E-state index in [1.54, 1.807) is 0 Å². The Morgan fingerprint density at radius 1 is 1.58 bits per heavy atom. The lowest BCUT2D eigenvalue weighted by Crippen LogP contribution is -2.08. The van der Waals surface area contributed by atoms with Crippen LogP contribution in [0.15, 0.2) is 23.9 Å². The topological polar surface area (TPSA) is 12.0 Å². The number of hydrogen-bond donors (Lipinski definition) is 1. The second-order valence-electron chi connectivity index (χ2n) is 3.41. The molecule has 1 atom stereocenters. The third-order valence-corrected chi connectivity index (χ3v) is 2.41. The summed E-state index contributed by atoms with van der Waals surface area (Å²) in [4.78, 5) is 0. The van der Waals surface area contributed by atoms with Gasteiger partial charge in [0.2, 0.25) is 0 Å². The SMILES string of the molecule is CCCCC1C=CC(NC)=CC1. The Balaban J connectivity index is 2.28. The molecule has 12 heavy (non-hydrogen) atoms. The number of rotatable bonds is 4. The van der Waals surface area contributed by atoms with E-state index in [0.717, 1.165) is 5.92 Å². The molecule has 0 spiro atoms. The summed E-state index contributed by atoms with van der Waals surface area (Å²) in [5.41, 5.74) is 1.27. The molecule has 68 valence electrons. The number of unbranched alkanes of at least 4 members (excludes halogenated alkanes) is 1. The lowest BCUT2D eigenvalue weighted by Gasteiger charge is -2.15. The smallest absolute Gasteiger partial charge is 0.0294 e. The largest absolute Gasteiger partial charge is 0.388 e. The minimum atomic E-state index is 0.794. The first-order valence-electron chi connectivity index (χ1n) is 4.93. The van der Waals surface area contributed by atoms with Crippen LogP contribution in [0.5, 0.6) is 0 Å². The van der Waals surface area contributed by atoms with Crippen molar-refractivity contribution < 1.29 is 0 Å². The van der Waals surface area contributed by atoms with E-state index in [9.17, 15) is 0 Å². The van der Waals surface area contributed by atoms with Gasteiger partial charge in [-0.05, 0) is 24.8 Å². The number of likely N-dealkylation sites (N-methyl/N-ethyl adjacent to an activating group) is 1. The average molecular weight is 165 g/mol. The quantitative estimate of drug-likeness (QED) is 0.675. The van der Waals surface area contributed by atoms with Crippen molar-refractivity contribution in [3.63, 3.8) is 0 Å². The summed E-state index contributed by atoms with van der Waals surface area (Å²) in [5, 5.41) is 3.15. The second-order valence-corrected chi connectivity index (χ2v) is 3.41. The number of allylic oxidation sites excluding steroid dienone is 3. The normalized spacial score (nSPS) is 22.2. The van der Waals surface area contributed by atoms with E-state index in [1.807, 2.05) is 7.05 Å². The van der Waals surface area contributed by atoms with Crippen molar-refractivity contribution in [3.05, 3.63) is 23.9 Å². The highest BCUT2D eigenvalue weighted by atomic mass is 14.8. The van der Waals surface area contributed by atoms with E-state index in [4.69, 9.17) is 0 Å². The third-order valence-electron chi connectivity index (χ3n) is 2.41. The first kappa shape index (κ1) is 9.37. The van der Waals surface area contributed by atoms with Gasteiger partial charge in [-0.1, -0.05) is 31.9 Å². The zero-order valence-electron chi connectivity index (χ0n) is 8.14. The Kier molecular flexibility index (Phi) is 3.92. The Morgan fingerprint density at radius 3 is 2.92 bits per heavy atom. The molecule has 0 fully saturated rings. The number of hydrogen-bond acceptors (Lipinski definition) is 1. The predicted octanol–water partition coefficient (Wildman–Crippen LogP) is 2.86. The van der Waals surface area contributed by atoms with Gasteiger partial charge in [0.15, 0.2) is 0 Å². The highest BCUT2D eigenvalue weighted by molar-refractivity contribution is 5.21. The first-order chi connectivity index (χ1) is 5.86. The van der Waals surface area contributed by atoms with Gasteiger partial charge in [0.25, 0.3) is 0 Å². The van der Waals surface area contributed by atoms with Crippen molar-refractivity contribution in [3.8, 4) is 0 Å². The molecule has 1 heteroatoms. The maximum absolute atomic E-state index is 3.15. The molecule has 1 unspecified atom stereocenters. The fourth-order valence-corrected chi connectivity index (χ4v) is 1.53. The van der Waals surface area contributed by atoms with Crippen LogP contribution in [0.1, 0.15) is 32.6 Å². The van der Waals surface area contributed by atoms with Gasteiger partial charge in [0, 0.05) is 12.7 Å². The Labute approximate surface area is 75.6 Å². The summed E-state index contributed by atoms with van der Waals surface area (Å²) in [5.74, 6) is 0.794. The predicted molar refractivity (Wildman–Crippen MR) is 53.9 cm³/mol. The zero-order valence-corrected chi connectivity index (χ0v) is 8.14. The van der Waals surface area contributed by atoms with E-state index >= 15 is 0 Å². The van der Waals surface area contributed by atoms with Crippen LogP contribution in [0.2, 0.25) is 0 Å². The van der Waals surface area contributed by atoms with E-state index < -0.39 is 0 Å². The maximum Gasteiger partial charge on any atom is 0.0294 e. The van der Waals surface area contributed by atoms with E-state index in [2.05, 4.69) is 30.5 Å². The summed E-state index contributed by atoms with van der Waals surface area (Å²) in [7, 11) is 1.97. The fraction of sp³-hybridized carbons (Fsp3) is 0.636. The highest BCUT2D eigenvalue weighted by Crippen LogP contribution is 2.20. The lowest BCUT2D eigenvalue weighted by atomic mass is 9.94. The molecule has 0 aromatic heterocycles. The summed E-state index contributed by atoms with van der Waals surface area (Å²) in [6.45, 7) is 2.25. The van der Waals surface area contributed by atoms with Gasteiger partial charge in [0.1, 0.15) is 0 Å². The van der Waals surface area contributed by atoms with Crippen molar-refractivity contribution in [2.75, 3.05) is 7.05 Å². The molecule has 0 radical (unpaired) electrons. The van der Waals surface area contributed by atoms with Gasteiger partial charge in [-0.15, -0.1) is 0 Å². The second kappa shape index (κ2) is 5.02. The van der Waals surface area contributed by atoms with E-state index in [-0.39, 0.29) is 0 Å². The fourth-order valence-electron chi connectivity index (χ4n) is 1.53. The van der Waals surface area contributed by atoms with Crippen LogP contribution in [-0.4, -0.2) is 7.05 Å². The van der Waals surface area contributed by atoms with Crippen LogP contribution in [-0.2, 0) is 0 Å². The summed E-state index contributed by atoms with van der Waals surface area (Å²) < 4.78 is 0. The highest BCUT2D eigenvalue weighted by Gasteiger charge is 2.06. The molecule has 0 bridgehead atoms. The standard InChI is InChI=1S/C11H19N/c1-3-4-5-10-6-8-11(12-2)9-7-10/h6,8-10,12H,3-5,7H2,1-2H3. The van der Waals surface area contributed by atoms with Gasteiger partial charge in [-0.2, -0.15) is 0 Å². The Hall–Kier alpha value is -0.720. The van der Waals surface area contributed by atoms with Gasteiger partial charge in [-0.25, -0.2) is 0 Å². The molecule has 0 aliphatic heterocycles. The zero-order chi connectivity index (χ0) is 8.81. The molecule has 1 N–H and O–H groups in total. The van der Waals surface area contributed by atoms with Crippen molar-refractivity contribution in [2.45, 2.75) is 32.6 Å². The van der Waals surface area contributed by atoms with Gasteiger partial charge in [-0.3, -0.25) is 0 Å². The van der Waals surface area contributed by atoms with Crippen LogP contribution >= 0.6 is 0 Å². The minimum absolute atomic E-state index is 0.794. The molecule has 1 aliphatic carbocycles. The summed E-state index contributed by atoms with van der Waals surface area (Å²) in [6.07, 6.45) is 12.1. The van der Waals surface area contributed by atoms with Crippen LogP contribution in [0.25, 0.3) is 0 Å². The Bertz CT molecular complexity index is 179. The van der Waals surface area contributed by atoms with Crippen LogP contribution in [0, 0.1) is 5.92 Å². The molecule has 1 rings (SSSR count). The number of nitrogens with one attached hydrogen (secondary N) is 1. The van der Waals surface area contributed by atoms with Crippen LogP contribution in [0.4, 0.5) is 0 Å². The molecule has 1 nitrogen and oxygen atoms in total. The van der Waals surface area contributed by atoms with E-state index in [1.165, 1.54) is 31.4 Å². The molecular weight excluding hydrogens is 146 g/mol. The minimum Gasteiger partial charge on any atom is -0.388 e. The molecule has 0 aromatic carbocycles. The average Bonchev–Trinajstić information content (AvgIpc) is 2.15. The van der Waals surface area contributed by atoms with Gasteiger partial charge < -0.3 is 5.32 Å². The molecule has 0 amide bonds. The maximum atomic E-state index is 3.15. The summed E-state index contributed by atoms with van der Waals surface area (Å²) >= 11 is 0. The van der Waals surface area contributed by atoms with E-state index in [0.29, 0.717) is 0 Å². The van der Waals surface area contributed by atoms with Gasteiger partial charge in [0.05, 0.1) is 0 Å². The van der Waals surface area contributed by atoms with Gasteiger partial charge >= 0.3 is 0 Å².